The van der Waals surface area contributed by atoms with Gasteiger partial charge in [-0.1, -0.05) is 0 Å². The van der Waals surface area contributed by atoms with Gasteiger partial charge in [0.2, 0.25) is 5.88 Å². The monoisotopic (exact) mass is 413 g/mol. The molecule has 0 saturated carbocycles. The fourth-order valence-corrected chi connectivity index (χ4v) is 3.93. The van der Waals surface area contributed by atoms with Gasteiger partial charge < -0.3 is 19.7 Å². The van der Waals surface area contributed by atoms with E-state index in [4.69, 9.17) is 9.47 Å². The number of nitrogens with one attached hydrogen (secondary N) is 1. The van der Waals surface area contributed by atoms with Gasteiger partial charge in [-0.3, -0.25) is 9.89 Å². The number of hydrogen-bond acceptors (Lipinski definition) is 5. The number of morpholine rings is 1. The fraction of sp³-hybridized carbons (Fsp3) is 0.455. The lowest BCUT2D eigenvalue weighted by Crippen LogP contribution is -2.46. The van der Waals surface area contributed by atoms with E-state index in [1.807, 2.05) is 19.2 Å². The number of rotatable bonds is 5. The van der Waals surface area contributed by atoms with Crippen molar-refractivity contribution in [3.63, 3.8) is 0 Å². The van der Waals surface area contributed by atoms with Gasteiger partial charge in [-0.05, 0) is 42.3 Å². The summed E-state index contributed by atoms with van der Waals surface area (Å²) in [5, 5.41) is 3.45. The van der Waals surface area contributed by atoms with Gasteiger partial charge in [0.1, 0.15) is 11.6 Å². The van der Waals surface area contributed by atoms with Crippen molar-refractivity contribution in [1.29, 1.82) is 0 Å². The van der Waals surface area contributed by atoms with Gasteiger partial charge in [0.05, 0.1) is 13.2 Å². The Labute approximate surface area is 176 Å². The number of aliphatic imine (C=N–C) groups is 1. The number of benzene rings is 1. The van der Waals surface area contributed by atoms with E-state index in [-0.39, 0.29) is 5.82 Å². The Morgan fingerprint density at radius 2 is 2.03 bits per heavy atom. The molecule has 4 rings (SSSR count). The molecule has 1 aromatic carbocycles. The third-order valence-electron chi connectivity index (χ3n) is 5.52. The van der Waals surface area contributed by atoms with Crippen molar-refractivity contribution < 1.29 is 13.9 Å². The minimum absolute atomic E-state index is 0.294. The summed E-state index contributed by atoms with van der Waals surface area (Å²) < 4.78 is 24.3. The molecule has 2 saturated heterocycles. The van der Waals surface area contributed by atoms with E-state index in [0.717, 1.165) is 57.3 Å². The molecule has 1 unspecified atom stereocenters. The van der Waals surface area contributed by atoms with Crippen molar-refractivity contribution in [3.05, 3.63) is 54.0 Å². The highest BCUT2D eigenvalue weighted by Crippen LogP contribution is 2.21. The third-order valence-corrected chi connectivity index (χ3v) is 5.52. The molecule has 0 bridgehead atoms. The summed E-state index contributed by atoms with van der Waals surface area (Å²) in [5.74, 6) is 1.64. The number of aromatic nitrogens is 1. The summed E-state index contributed by atoms with van der Waals surface area (Å²) in [6, 6.07) is 10.3. The summed E-state index contributed by atoms with van der Waals surface area (Å²) >= 11 is 0. The van der Waals surface area contributed by atoms with Crippen molar-refractivity contribution in [3.8, 4) is 11.6 Å². The Morgan fingerprint density at radius 3 is 2.80 bits per heavy atom. The molecule has 2 aliphatic rings. The Kier molecular flexibility index (Phi) is 6.76. The maximum atomic E-state index is 13.1. The molecule has 1 atom stereocenters. The molecule has 2 aromatic rings. The molecule has 0 aliphatic carbocycles. The molecule has 2 fully saturated rings. The first-order valence-corrected chi connectivity index (χ1v) is 10.4. The Hall–Kier alpha value is -2.71. The zero-order valence-electron chi connectivity index (χ0n) is 17.3. The highest BCUT2D eigenvalue weighted by atomic mass is 19.1. The number of halogens is 1. The van der Waals surface area contributed by atoms with Crippen LogP contribution in [-0.2, 0) is 11.3 Å². The standard InChI is InChI=1S/C22H28FN5O2/c1-24-22(28-9-7-19(16-28)27-10-12-29-13-11-27)26-15-17-6-8-25-21(14-17)30-20-4-2-18(23)3-5-20/h2-6,8,14,19H,7,9-13,15-16H2,1H3,(H,24,26). The van der Waals surface area contributed by atoms with Crippen LogP contribution in [0.3, 0.4) is 0 Å². The van der Waals surface area contributed by atoms with Crippen LogP contribution in [0.25, 0.3) is 0 Å². The van der Waals surface area contributed by atoms with Gasteiger partial charge in [-0.25, -0.2) is 9.37 Å². The maximum Gasteiger partial charge on any atom is 0.219 e. The smallest absolute Gasteiger partial charge is 0.219 e. The van der Waals surface area contributed by atoms with Crippen LogP contribution in [0.15, 0.2) is 47.6 Å². The molecule has 2 aliphatic heterocycles. The van der Waals surface area contributed by atoms with Gasteiger partial charge >= 0.3 is 0 Å². The number of nitrogens with zero attached hydrogens (tertiary/aromatic N) is 4. The van der Waals surface area contributed by atoms with Gasteiger partial charge in [0.15, 0.2) is 5.96 Å². The molecule has 3 heterocycles. The number of guanidine groups is 1. The average Bonchev–Trinajstić information content (AvgIpc) is 3.27. The second-order valence-corrected chi connectivity index (χ2v) is 7.50. The Morgan fingerprint density at radius 1 is 1.23 bits per heavy atom. The van der Waals surface area contributed by atoms with E-state index in [1.54, 1.807) is 18.3 Å². The molecule has 0 radical (unpaired) electrons. The first kappa shape index (κ1) is 20.6. The SMILES string of the molecule is CN=C(NCc1ccnc(Oc2ccc(F)cc2)c1)N1CCC(N2CCOCC2)C1. The topological polar surface area (TPSA) is 62.2 Å². The second kappa shape index (κ2) is 9.86. The Bertz CT molecular complexity index is 855. The molecule has 7 nitrogen and oxygen atoms in total. The van der Waals surface area contributed by atoms with E-state index < -0.39 is 0 Å². The fourth-order valence-electron chi connectivity index (χ4n) is 3.93. The first-order chi connectivity index (χ1) is 14.7. The van der Waals surface area contributed by atoms with E-state index in [2.05, 4.69) is 25.1 Å². The quantitative estimate of drug-likeness (QED) is 0.600. The van der Waals surface area contributed by atoms with Crippen LogP contribution < -0.4 is 10.1 Å². The maximum absolute atomic E-state index is 13.1. The number of ether oxygens (including phenoxy) is 2. The minimum atomic E-state index is -0.294. The highest BCUT2D eigenvalue weighted by Gasteiger charge is 2.30. The lowest BCUT2D eigenvalue weighted by molar-refractivity contribution is 0.0195. The molecule has 1 aromatic heterocycles. The first-order valence-electron chi connectivity index (χ1n) is 10.4. The lowest BCUT2D eigenvalue weighted by Gasteiger charge is -2.32. The number of likely N-dealkylation sites (tertiary alicyclic amines) is 1. The van der Waals surface area contributed by atoms with Crippen LogP contribution in [-0.4, -0.2) is 73.2 Å². The molecule has 0 spiro atoms. The lowest BCUT2D eigenvalue weighted by atomic mass is 10.2. The summed E-state index contributed by atoms with van der Waals surface area (Å²) in [6.45, 7) is 6.28. The predicted molar refractivity (Wildman–Crippen MR) is 113 cm³/mol. The predicted octanol–water partition coefficient (Wildman–Crippen LogP) is 2.49. The van der Waals surface area contributed by atoms with E-state index in [9.17, 15) is 4.39 Å². The molecule has 0 amide bonds. The molecule has 8 heteroatoms. The third kappa shape index (κ3) is 5.25. The van der Waals surface area contributed by atoms with Gasteiger partial charge in [-0.2, -0.15) is 0 Å². The number of pyridine rings is 1. The van der Waals surface area contributed by atoms with Crippen LogP contribution in [0.5, 0.6) is 11.6 Å². The summed E-state index contributed by atoms with van der Waals surface area (Å²) in [5.41, 5.74) is 1.03. The zero-order chi connectivity index (χ0) is 20.8. The summed E-state index contributed by atoms with van der Waals surface area (Å²) in [4.78, 5) is 13.6. The largest absolute Gasteiger partial charge is 0.439 e. The minimum Gasteiger partial charge on any atom is -0.439 e. The highest BCUT2D eigenvalue weighted by molar-refractivity contribution is 5.80. The molecular formula is C22H28FN5O2. The van der Waals surface area contributed by atoms with Crippen LogP contribution >= 0.6 is 0 Å². The van der Waals surface area contributed by atoms with Gasteiger partial charge in [-0.15, -0.1) is 0 Å². The summed E-state index contributed by atoms with van der Waals surface area (Å²) in [6.07, 6.45) is 2.86. The van der Waals surface area contributed by atoms with Crippen LogP contribution in [0.1, 0.15) is 12.0 Å². The van der Waals surface area contributed by atoms with Crippen molar-refractivity contribution in [2.24, 2.45) is 4.99 Å². The second-order valence-electron chi connectivity index (χ2n) is 7.50. The van der Waals surface area contributed by atoms with E-state index >= 15 is 0 Å². The van der Waals surface area contributed by atoms with Crippen LogP contribution in [0.4, 0.5) is 4.39 Å². The average molecular weight is 413 g/mol. The normalized spacial score (nSPS) is 20.4. The van der Waals surface area contributed by atoms with Crippen LogP contribution in [0, 0.1) is 5.82 Å². The van der Waals surface area contributed by atoms with Crippen LogP contribution in [0.2, 0.25) is 0 Å². The van der Waals surface area contributed by atoms with Crippen molar-refractivity contribution in [2.75, 3.05) is 46.4 Å². The van der Waals surface area contributed by atoms with Gasteiger partial charge in [0.25, 0.3) is 0 Å². The zero-order valence-corrected chi connectivity index (χ0v) is 17.3. The molecule has 160 valence electrons. The molecular weight excluding hydrogens is 385 g/mol. The molecule has 30 heavy (non-hydrogen) atoms. The van der Waals surface area contributed by atoms with E-state index in [1.165, 1.54) is 12.1 Å². The molecule has 1 N–H and O–H groups in total. The summed E-state index contributed by atoms with van der Waals surface area (Å²) in [7, 11) is 1.82. The Balaban J connectivity index is 1.31. The van der Waals surface area contributed by atoms with E-state index in [0.29, 0.717) is 24.2 Å². The van der Waals surface area contributed by atoms with Gasteiger partial charge in [0, 0.05) is 58.1 Å². The van der Waals surface area contributed by atoms with Crippen molar-refractivity contribution >= 4 is 5.96 Å². The number of hydrogen-bond donors (Lipinski definition) is 1. The van der Waals surface area contributed by atoms with Crippen molar-refractivity contribution in [2.45, 2.75) is 19.0 Å². The van der Waals surface area contributed by atoms with Crippen molar-refractivity contribution in [1.82, 2.24) is 20.1 Å².